The Morgan fingerprint density at radius 2 is 1.75 bits per heavy atom. The summed E-state index contributed by atoms with van der Waals surface area (Å²) in [6, 6.07) is 0. The van der Waals surface area contributed by atoms with Crippen LogP contribution in [0.3, 0.4) is 0 Å². The molecule has 4 heteroatoms. The van der Waals surface area contributed by atoms with E-state index < -0.39 is 8.69 Å². The molecule has 0 heterocycles. The molecular formula is LiO2P. The third kappa shape index (κ3) is 16.9. The first-order valence-electron chi connectivity index (χ1n) is 0.365. The predicted molar refractivity (Wildman–Crippen MR) is 7.61 cm³/mol. The van der Waals surface area contributed by atoms with E-state index in [4.69, 9.17) is 9.46 Å². The smallest absolute Gasteiger partial charge is 0.772 e. The van der Waals surface area contributed by atoms with Crippen molar-refractivity contribution in [2.45, 2.75) is 0 Å². The summed E-state index contributed by atoms with van der Waals surface area (Å²) in [5.41, 5.74) is 0. The molecule has 0 rings (SSSR count). The third-order valence-corrected chi connectivity index (χ3v) is 0. The van der Waals surface area contributed by atoms with Gasteiger partial charge in [-0.3, -0.25) is 4.57 Å². The van der Waals surface area contributed by atoms with Gasteiger partial charge < -0.3 is 4.89 Å². The second-order valence-electron chi connectivity index (χ2n) is 0.0745. The summed E-state index contributed by atoms with van der Waals surface area (Å²) in [4.78, 5) is 8.35. The van der Waals surface area contributed by atoms with E-state index in [-0.39, 0.29) is 18.9 Å². The average Bonchev–Trinajstić information content (AvgIpc) is 0.918. The summed E-state index contributed by atoms with van der Waals surface area (Å²) in [7, 11) is -1.08. The zero-order valence-corrected chi connectivity index (χ0v) is 3.16. The van der Waals surface area contributed by atoms with Crippen molar-refractivity contribution >= 4 is 8.69 Å². The maximum absolute atomic E-state index is 8.35. The largest absolute Gasteiger partial charge is 1.00 e. The molecule has 0 amide bonds. The fourth-order valence-corrected chi connectivity index (χ4v) is 0. The SMILES string of the molecule is O=P[O-].[Li+]. The van der Waals surface area contributed by atoms with E-state index in [9.17, 15) is 0 Å². The molecule has 0 fully saturated rings. The molecule has 0 aromatic carbocycles. The van der Waals surface area contributed by atoms with Crippen molar-refractivity contribution in [3.8, 4) is 0 Å². The zero-order valence-electron chi connectivity index (χ0n) is 2.26. The van der Waals surface area contributed by atoms with Crippen molar-refractivity contribution in [2.75, 3.05) is 0 Å². The fraction of sp³-hybridized carbons (Fsp3) is 0. The summed E-state index contributed by atoms with van der Waals surface area (Å²) in [5.74, 6) is 0. The zero-order chi connectivity index (χ0) is 2.71. The van der Waals surface area contributed by atoms with Crippen LogP contribution in [0.4, 0.5) is 0 Å². The Morgan fingerprint density at radius 3 is 1.75 bits per heavy atom. The molecule has 0 aromatic heterocycles. The van der Waals surface area contributed by atoms with Gasteiger partial charge in [-0.1, -0.05) is 0 Å². The number of hydrogen-bond donors (Lipinski definition) is 0. The molecule has 2 nitrogen and oxygen atoms in total. The topological polar surface area (TPSA) is 40.1 Å². The summed E-state index contributed by atoms with van der Waals surface area (Å²) >= 11 is 0. The molecule has 0 saturated heterocycles. The Hall–Kier alpha value is 0.657. The van der Waals surface area contributed by atoms with E-state index in [1.807, 2.05) is 0 Å². The first kappa shape index (κ1) is 8.82. The van der Waals surface area contributed by atoms with Gasteiger partial charge in [0.15, 0.2) is 0 Å². The Balaban J connectivity index is 0. The molecule has 0 bridgehead atoms. The van der Waals surface area contributed by atoms with Crippen molar-refractivity contribution in [3.05, 3.63) is 0 Å². The molecule has 0 radical (unpaired) electrons. The van der Waals surface area contributed by atoms with Crippen LogP contribution in [0.5, 0.6) is 0 Å². The van der Waals surface area contributed by atoms with Gasteiger partial charge in [-0.2, -0.15) is 0 Å². The molecule has 0 aliphatic carbocycles. The van der Waals surface area contributed by atoms with Crippen LogP contribution in [0.25, 0.3) is 0 Å². The van der Waals surface area contributed by atoms with Crippen LogP contribution in [0.2, 0.25) is 0 Å². The Bertz CT molecular complexity index is 13.5. The normalized spacial score (nSPS) is 5.25. The molecule has 0 atom stereocenters. The van der Waals surface area contributed by atoms with Gasteiger partial charge in [0.2, 0.25) is 0 Å². The molecule has 18 valence electrons. The van der Waals surface area contributed by atoms with E-state index in [2.05, 4.69) is 0 Å². The second-order valence-corrected chi connectivity index (χ2v) is 0.224. The third-order valence-electron chi connectivity index (χ3n) is 0. The molecule has 0 N–H and O–H groups in total. The van der Waals surface area contributed by atoms with Crippen LogP contribution in [0.15, 0.2) is 0 Å². The van der Waals surface area contributed by atoms with Gasteiger partial charge in [0.1, 0.15) is 0 Å². The first-order chi connectivity index (χ1) is 1.41. The van der Waals surface area contributed by atoms with Crippen molar-refractivity contribution in [3.63, 3.8) is 0 Å². The average molecular weight is 69.9 g/mol. The maximum atomic E-state index is 8.35. The van der Waals surface area contributed by atoms with E-state index >= 15 is 0 Å². The van der Waals surface area contributed by atoms with E-state index in [0.29, 0.717) is 0 Å². The summed E-state index contributed by atoms with van der Waals surface area (Å²) in [6.07, 6.45) is 0. The van der Waals surface area contributed by atoms with Gasteiger partial charge in [0.25, 0.3) is 0 Å². The van der Waals surface area contributed by atoms with Crippen LogP contribution < -0.4 is 23.8 Å². The summed E-state index contributed by atoms with van der Waals surface area (Å²) < 4.78 is 8.35. The van der Waals surface area contributed by atoms with Gasteiger partial charge in [-0.25, -0.2) is 0 Å². The predicted octanol–water partition coefficient (Wildman–Crippen LogP) is -3.44. The molecular weight excluding hydrogens is 69.9 g/mol. The molecule has 0 unspecified atom stereocenters. The summed E-state index contributed by atoms with van der Waals surface area (Å²) in [5, 5.41) is 0. The van der Waals surface area contributed by atoms with Crippen molar-refractivity contribution in [1.29, 1.82) is 0 Å². The van der Waals surface area contributed by atoms with E-state index in [0.717, 1.165) is 0 Å². The Labute approximate surface area is 37.7 Å². The van der Waals surface area contributed by atoms with Gasteiger partial charge in [-0.05, 0) is 0 Å². The Morgan fingerprint density at radius 1 is 1.75 bits per heavy atom. The van der Waals surface area contributed by atoms with Crippen molar-refractivity contribution in [1.82, 2.24) is 0 Å². The summed E-state index contributed by atoms with van der Waals surface area (Å²) in [6.45, 7) is 0. The maximum Gasteiger partial charge on any atom is 1.00 e. The molecule has 0 aliphatic rings. The van der Waals surface area contributed by atoms with Gasteiger partial charge in [0, 0.05) is 0 Å². The second kappa shape index (κ2) is 9.40. The van der Waals surface area contributed by atoms with E-state index in [1.165, 1.54) is 0 Å². The van der Waals surface area contributed by atoms with Crippen molar-refractivity contribution < 1.29 is 28.3 Å². The van der Waals surface area contributed by atoms with Gasteiger partial charge in [-0.15, -0.1) is 0 Å². The molecule has 4 heavy (non-hydrogen) atoms. The molecule has 0 aromatic rings. The fourth-order valence-electron chi connectivity index (χ4n) is 0. The standard InChI is InChI=1S/Li.HO2P/c;1-3-2/h;(H,1,2)/q+1;/p-1. The monoisotopic (exact) mass is 70.0 g/mol. The molecule has 0 saturated carbocycles. The van der Waals surface area contributed by atoms with Gasteiger partial charge >= 0.3 is 18.9 Å². The minimum Gasteiger partial charge on any atom is -0.772 e. The number of rotatable bonds is 0. The van der Waals surface area contributed by atoms with Crippen LogP contribution in [0, 0.1) is 0 Å². The first-order valence-corrected chi connectivity index (χ1v) is 1.10. The minimum atomic E-state index is -1.08. The van der Waals surface area contributed by atoms with Crippen LogP contribution in [0.1, 0.15) is 0 Å². The molecule has 0 aliphatic heterocycles. The van der Waals surface area contributed by atoms with Crippen molar-refractivity contribution in [2.24, 2.45) is 0 Å². The van der Waals surface area contributed by atoms with Gasteiger partial charge in [0.05, 0.1) is 8.69 Å². The van der Waals surface area contributed by atoms with Crippen LogP contribution >= 0.6 is 8.69 Å². The quantitative estimate of drug-likeness (QED) is 0.220. The molecule has 0 spiro atoms. The minimum absolute atomic E-state index is 0. The number of hydrogen-bond acceptors (Lipinski definition) is 2. The van der Waals surface area contributed by atoms with E-state index in [1.54, 1.807) is 0 Å². The van der Waals surface area contributed by atoms with Crippen LogP contribution in [-0.2, 0) is 4.57 Å². The van der Waals surface area contributed by atoms with Crippen LogP contribution in [-0.4, -0.2) is 0 Å². The Kier molecular flexibility index (Phi) is 20.7.